The first-order valence-corrected chi connectivity index (χ1v) is 10.6. The van der Waals surface area contributed by atoms with Crippen LogP contribution in [-0.2, 0) is 14.8 Å². The van der Waals surface area contributed by atoms with Gasteiger partial charge in [-0.25, -0.2) is 8.42 Å². The number of sulfonamides is 1. The summed E-state index contributed by atoms with van der Waals surface area (Å²) in [6, 6.07) is 15.7. The lowest BCUT2D eigenvalue weighted by molar-refractivity contribution is -0.121. The minimum atomic E-state index is -3.75. The van der Waals surface area contributed by atoms with E-state index in [1.807, 2.05) is 19.1 Å². The largest absolute Gasteiger partial charge is 0.352 e. The van der Waals surface area contributed by atoms with Gasteiger partial charge in [-0.1, -0.05) is 35.9 Å². The highest BCUT2D eigenvalue weighted by Crippen LogP contribution is 2.24. The molecule has 144 valence electrons. The van der Waals surface area contributed by atoms with Crippen molar-refractivity contribution in [3.8, 4) is 0 Å². The molecule has 1 heterocycles. The van der Waals surface area contributed by atoms with E-state index < -0.39 is 10.0 Å². The van der Waals surface area contributed by atoms with Crippen molar-refractivity contribution in [2.24, 2.45) is 0 Å². The summed E-state index contributed by atoms with van der Waals surface area (Å²) in [6.07, 6.45) is 1.01. The van der Waals surface area contributed by atoms with Crippen molar-refractivity contribution in [3.05, 3.63) is 60.2 Å². The first-order valence-electron chi connectivity index (χ1n) is 9.11. The Balaban J connectivity index is 1.79. The molecule has 1 aliphatic rings. The van der Waals surface area contributed by atoms with Crippen molar-refractivity contribution in [2.45, 2.75) is 30.7 Å². The minimum absolute atomic E-state index is 0.0896. The maximum atomic E-state index is 13.2. The fourth-order valence-electron chi connectivity index (χ4n) is 3.10. The molecule has 0 radical (unpaired) electrons. The van der Waals surface area contributed by atoms with Crippen LogP contribution in [0.25, 0.3) is 0 Å². The third kappa shape index (κ3) is 4.87. The molecule has 6 nitrogen and oxygen atoms in total. The number of carbonyl (C=O) groups is 1. The fourth-order valence-corrected chi connectivity index (χ4v) is 4.59. The van der Waals surface area contributed by atoms with Crippen molar-refractivity contribution in [1.82, 2.24) is 10.6 Å². The average Bonchev–Trinajstić information content (AvgIpc) is 3.17. The highest BCUT2D eigenvalue weighted by molar-refractivity contribution is 7.92. The predicted octanol–water partition coefficient (Wildman–Crippen LogP) is 2.06. The molecule has 1 atom stereocenters. The summed E-state index contributed by atoms with van der Waals surface area (Å²) in [5.74, 6) is -0.135. The smallest absolute Gasteiger partial charge is 0.264 e. The SMILES string of the molecule is Cc1ccc(N(CCC(=O)NC2CCNC2)S(=O)(=O)c2ccccc2)cc1. The van der Waals surface area contributed by atoms with Crippen molar-refractivity contribution < 1.29 is 13.2 Å². The Hall–Kier alpha value is -2.38. The van der Waals surface area contributed by atoms with Gasteiger partial charge in [-0.05, 0) is 44.2 Å². The van der Waals surface area contributed by atoms with Gasteiger partial charge in [-0.15, -0.1) is 0 Å². The minimum Gasteiger partial charge on any atom is -0.352 e. The van der Waals surface area contributed by atoms with Crippen molar-refractivity contribution in [3.63, 3.8) is 0 Å². The van der Waals surface area contributed by atoms with Crippen LogP contribution in [-0.4, -0.2) is 40.0 Å². The number of amides is 1. The first kappa shape index (κ1) is 19.4. The van der Waals surface area contributed by atoms with Gasteiger partial charge < -0.3 is 10.6 Å². The summed E-state index contributed by atoms with van der Waals surface area (Å²) in [7, 11) is -3.75. The lowest BCUT2D eigenvalue weighted by atomic mass is 10.2. The Morgan fingerprint density at radius 1 is 1.15 bits per heavy atom. The molecular formula is C20H25N3O3S. The topological polar surface area (TPSA) is 78.5 Å². The van der Waals surface area contributed by atoms with E-state index in [4.69, 9.17) is 0 Å². The average molecular weight is 388 g/mol. The monoisotopic (exact) mass is 387 g/mol. The van der Waals surface area contributed by atoms with E-state index in [0.717, 1.165) is 25.1 Å². The molecule has 2 N–H and O–H groups in total. The van der Waals surface area contributed by atoms with Crippen molar-refractivity contribution in [2.75, 3.05) is 23.9 Å². The van der Waals surface area contributed by atoms with Crippen LogP contribution in [0.15, 0.2) is 59.5 Å². The summed E-state index contributed by atoms with van der Waals surface area (Å²) < 4.78 is 27.6. The van der Waals surface area contributed by atoms with Gasteiger partial charge in [0.05, 0.1) is 10.6 Å². The Labute approximate surface area is 160 Å². The second kappa shape index (κ2) is 8.54. The molecule has 1 unspecified atom stereocenters. The van der Waals surface area contributed by atoms with Crippen LogP contribution in [0.5, 0.6) is 0 Å². The third-order valence-corrected chi connectivity index (χ3v) is 6.46. The summed E-state index contributed by atoms with van der Waals surface area (Å²) in [5, 5.41) is 6.16. The summed E-state index contributed by atoms with van der Waals surface area (Å²) in [4.78, 5) is 12.5. The zero-order valence-corrected chi connectivity index (χ0v) is 16.2. The van der Waals surface area contributed by atoms with Gasteiger partial charge in [0.1, 0.15) is 0 Å². The van der Waals surface area contributed by atoms with E-state index in [2.05, 4.69) is 10.6 Å². The summed E-state index contributed by atoms with van der Waals surface area (Å²) in [5.41, 5.74) is 1.60. The Bertz CT molecular complexity index is 861. The van der Waals surface area contributed by atoms with Gasteiger partial charge in [0.25, 0.3) is 10.0 Å². The number of benzene rings is 2. The van der Waals surface area contributed by atoms with Gasteiger partial charge in [-0.3, -0.25) is 9.10 Å². The number of nitrogens with zero attached hydrogens (tertiary/aromatic N) is 1. The molecule has 27 heavy (non-hydrogen) atoms. The molecule has 3 rings (SSSR count). The lowest BCUT2D eigenvalue weighted by Gasteiger charge is -2.25. The Morgan fingerprint density at radius 3 is 2.48 bits per heavy atom. The predicted molar refractivity (Wildman–Crippen MR) is 106 cm³/mol. The molecule has 1 fully saturated rings. The maximum absolute atomic E-state index is 13.2. The van der Waals surface area contributed by atoms with E-state index in [1.165, 1.54) is 4.31 Å². The van der Waals surface area contributed by atoms with E-state index >= 15 is 0 Å². The highest BCUT2D eigenvalue weighted by Gasteiger charge is 2.26. The van der Waals surface area contributed by atoms with E-state index in [0.29, 0.717) is 5.69 Å². The second-order valence-corrected chi connectivity index (χ2v) is 8.60. The number of carbonyl (C=O) groups excluding carboxylic acids is 1. The second-order valence-electron chi connectivity index (χ2n) is 6.73. The molecule has 1 amide bonds. The molecule has 0 saturated carbocycles. The number of hydrogen-bond acceptors (Lipinski definition) is 4. The molecule has 0 bridgehead atoms. The number of nitrogens with one attached hydrogen (secondary N) is 2. The molecule has 1 saturated heterocycles. The number of hydrogen-bond donors (Lipinski definition) is 2. The third-order valence-electron chi connectivity index (χ3n) is 4.62. The fraction of sp³-hybridized carbons (Fsp3) is 0.350. The van der Waals surface area contributed by atoms with Crippen LogP contribution in [0.3, 0.4) is 0 Å². The van der Waals surface area contributed by atoms with Crippen LogP contribution >= 0.6 is 0 Å². The van der Waals surface area contributed by atoms with Crippen molar-refractivity contribution in [1.29, 1.82) is 0 Å². The van der Waals surface area contributed by atoms with Gasteiger partial charge in [0, 0.05) is 25.6 Å². The highest BCUT2D eigenvalue weighted by atomic mass is 32.2. The molecule has 0 aliphatic carbocycles. The van der Waals surface area contributed by atoms with Crippen LogP contribution in [0, 0.1) is 6.92 Å². The first-order chi connectivity index (χ1) is 13.0. The number of aryl methyl sites for hydroxylation is 1. The van der Waals surface area contributed by atoms with Gasteiger partial charge in [0.2, 0.25) is 5.91 Å². The Kier molecular flexibility index (Phi) is 6.13. The van der Waals surface area contributed by atoms with Gasteiger partial charge in [0.15, 0.2) is 0 Å². The standard InChI is InChI=1S/C20H25N3O3S/c1-16-7-9-18(10-8-16)23(27(25,26)19-5-3-2-4-6-19)14-12-20(24)22-17-11-13-21-15-17/h2-10,17,21H,11-15H2,1H3,(H,22,24). The molecule has 0 aromatic heterocycles. The molecule has 2 aromatic carbocycles. The van der Waals surface area contributed by atoms with Crippen LogP contribution in [0.1, 0.15) is 18.4 Å². The molecule has 7 heteroatoms. The van der Waals surface area contributed by atoms with E-state index in [9.17, 15) is 13.2 Å². The zero-order chi connectivity index (χ0) is 19.3. The molecule has 1 aliphatic heterocycles. The number of anilines is 1. The van der Waals surface area contributed by atoms with Crippen molar-refractivity contribution >= 4 is 21.6 Å². The quantitative estimate of drug-likeness (QED) is 0.762. The van der Waals surface area contributed by atoms with E-state index in [-0.39, 0.29) is 29.8 Å². The Morgan fingerprint density at radius 2 is 1.85 bits per heavy atom. The van der Waals surface area contributed by atoms with Crippen LogP contribution in [0.2, 0.25) is 0 Å². The van der Waals surface area contributed by atoms with Gasteiger partial charge >= 0.3 is 0 Å². The van der Waals surface area contributed by atoms with Crippen LogP contribution < -0.4 is 14.9 Å². The lowest BCUT2D eigenvalue weighted by Crippen LogP contribution is -2.39. The van der Waals surface area contributed by atoms with E-state index in [1.54, 1.807) is 42.5 Å². The summed E-state index contributed by atoms with van der Waals surface area (Å²) >= 11 is 0. The normalized spacial score (nSPS) is 16.9. The summed E-state index contributed by atoms with van der Waals surface area (Å²) in [6.45, 7) is 3.69. The zero-order valence-electron chi connectivity index (χ0n) is 15.4. The molecule has 0 spiro atoms. The maximum Gasteiger partial charge on any atom is 0.264 e. The van der Waals surface area contributed by atoms with Crippen LogP contribution in [0.4, 0.5) is 5.69 Å². The molecular weight excluding hydrogens is 362 g/mol. The number of rotatable bonds is 7. The molecule has 2 aromatic rings. The van der Waals surface area contributed by atoms with Gasteiger partial charge in [-0.2, -0.15) is 0 Å².